The Bertz CT molecular complexity index is 294. The maximum atomic E-state index is 10.8. The first-order chi connectivity index (χ1) is 9.74. The molecule has 0 saturated carbocycles. The third-order valence-electron chi connectivity index (χ3n) is 4.51. The molecule has 1 aliphatic rings. The average molecular weight is 280 g/mol. The van der Waals surface area contributed by atoms with E-state index >= 15 is 0 Å². The number of unbranched alkanes of at least 4 members (excludes halogenated alkanes) is 8. The molecule has 2 heteroatoms. The lowest BCUT2D eigenvalue weighted by Gasteiger charge is -2.20. The fourth-order valence-electron chi connectivity index (χ4n) is 3.09. The van der Waals surface area contributed by atoms with Gasteiger partial charge in [0.2, 0.25) is 0 Å². The smallest absolute Gasteiger partial charge is 0.331 e. The van der Waals surface area contributed by atoms with Gasteiger partial charge in [0.15, 0.2) is 0 Å². The number of carbonyl (C=O) groups is 1. The molecule has 116 valence electrons. The average Bonchev–Trinajstić information content (AvgIpc) is 2.46. The predicted octanol–water partition coefficient (Wildman–Crippen LogP) is 5.72. The van der Waals surface area contributed by atoms with Crippen molar-refractivity contribution in [2.45, 2.75) is 90.4 Å². The molecule has 1 unspecified atom stereocenters. The summed E-state index contributed by atoms with van der Waals surface area (Å²) in [7, 11) is 0. The highest BCUT2D eigenvalue weighted by molar-refractivity contribution is 5.86. The van der Waals surface area contributed by atoms with Crippen molar-refractivity contribution in [2.75, 3.05) is 0 Å². The van der Waals surface area contributed by atoms with Crippen LogP contribution < -0.4 is 0 Å². The molecule has 0 radical (unpaired) electrons. The van der Waals surface area contributed by atoms with Gasteiger partial charge in [-0.1, -0.05) is 77.2 Å². The molecule has 1 rings (SSSR count). The SMILES string of the molecule is CCCCCCCCCCCC1CC=C(C(=O)O)CC1. The molecule has 0 saturated heterocycles. The highest BCUT2D eigenvalue weighted by Crippen LogP contribution is 2.28. The molecule has 0 amide bonds. The minimum Gasteiger partial charge on any atom is -0.478 e. The molecule has 1 aliphatic carbocycles. The van der Waals surface area contributed by atoms with Crippen molar-refractivity contribution >= 4 is 5.97 Å². The van der Waals surface area contributed by atoms with Crippen LogP contribution in [0.15, 0.2) is 11.6 Å². The van der Waals surface area contributed by atoms with E-state index in [0.29, 0.717) is 5.57 Å². The topological polar surface area (TPSA) is 37.3 Å². The van der Waals surface area contributed by atoms with Crippen molar-refractivity contribution in [1.29, 1.82) is 0 Å². The van der Waals surface area contributed by atoms with Gasteiger partial charge in [0, 0.05) is 5.57 Å². The molecule has 0 fully saturated rings. The first kappa shape index (κ1) is 17.3. The number of carboxylic acids is 1. The monoisotopic (exact) mass is 280 g/mol. The minimum atomic E-state index is -0.716. The molecule has 0 aromatic heterocycles. The summed E-state index contributed by atoms with van der Waals surface area (Å²) < 4.78 is 0. The molecule has 0 spiro atoms. The van der Waals surface area contributed by atoms with Crippen LogP contribution >= 0.6 is 0 Å². The summed E-state index contributed by atoms with van der Waals surface area (Å²) in [5, 5.41) is 8.91. The van der Waals surface area contributed by atoms with E-state index in [4.69, 9.17) is 5.11 Å². The van der Waals surface area contributed by atoms with Crippen LogP contribution in [0.25, 0.3) is 0 Å². The van der Waals surface area contributed by atoms with Gasteiger partial charge in [0.1, 0.15) is 0 Å². The van der Waals surface area contributed by atoms with Gasteiger partial charge in [-0.3, -0.25) is 0 Å². The van der Waals surface area contributed by atoms with Crippen LogP contribution in [-0.2, 0) is 4.79 Å². The summed E-state index contributed by atoms with van der Waals surface area (Å²) in [6, 6.07) is 0. The predicted molar refractivity (Wildman–Crippen MR) is 84.9 cm³/mol. The molecule has 2 nitrogen and oxygen atoms in total. The second-order valence-corrected chi connectivity index (χ2v) is 6.29. The summed E-state index contributed by atoms with van der Waals surface area (Å²) in [5.74, 6) is 0.0224. The van der Waals surface area contributed by atoms with Crippen molar-refractivity contribution in [2.24, 2.45) is 5.92 Å². The molecule has 0 aliphatic heterocycles. The van der Waals surface area contributed by atoms with Crippen LogP contribution in [0.3, 0.4) is 0 Å². The van der Waals surface area contributed by atoms with Crippen molar-refractivity contribution in [3.63, 3.8) is 0 Å². The zero-order valence-electron chi connectivity index (χ0n) is 13.2. The summed E-state index contributed by atoms with van der Waals surface area (Å²) in [4.78, 5) is 10.8. The highest BCUT2D eigenvalue weighted by Gasteiger charge is 2.17. The van der Waals surface area contributed by atoms with E-state index in [2.05, 4.69) is 6.92 Å². The van der Waals surface area contributed by atoms with E-state index in [0.717, 1.165) is 25.2 Å². The quantitative estimate of drug-likeness (QED) is 0.491. The molecule has 0 heterocycles. The summed E-state index contributed by atoms with van der Waals surface area (Å²) >= 11 is 0. The maximum Gasteiger partial charge on any atom is 0.331 e. The first-order valence-electron chi connectivity index (χ1n) is 8.66. The van der Waals surface area contributed by atoms with E-state index < -0.39 is 5.97 Å². The number of aliphatic carboxylic acids is 1. The summed E-state index contributed by atoms with van der Waals surface area (Å²) in [6.07, 6.45) is 18.5. The lowest BCUT2D eigenvalue weighted by Crippen LogP contribution is -2.10. The molecule has 1 atom stereocenters. The van der Waals surface area contributed by atoms with E-state index in [1.807, 2.05) is 6.08 Å². The fourth-order valence-corrected chi connectivity index (χ4v) is 3.09. The van der Waals surface area contributed by atoms with Crippen molar-refractivity contribution < 1.29 is 9.90 Å². The Balaban J connectivity index is 1.91. The van der Waals surface area contributed by atoms with E-state index in [-0.39, 0.29) is 0 Å². The van der Waals surface area contributed by atoms with Crippen LogP contribution in [0.4, 0.5) is 0 Å². The van der Waals surface area contributed by atoms with Crippen molar-refractivity contribution in [1.82, 2.24) is 0 Å². The van der Waals surface area contributed by atoms with Gasteiger partial charge in [0.25, 0.3) is 0 Å². The van der Waals surface area contributed by atoms with Crippen molar-refractivity contribution in [3.05, 3.63) is 11.6 Å². The zero-order chi connectivity index (χ0) is 14.6. The molecule has 0 bridgehead atoms. The van der Waals surface area contributed by atoms with Crippen LogP contribution in [-0.4, -0.2) is 11.1 Å². The number of hydrogen-bond donors (Lipinski definition) is 1. The summed E-state index contributed by atoms with van der Waals surface area (Å²) in [6.45, 7) is 2.26. The van der Waals surface area contributed by atoms with Gasteiger partial charge in [-0.2, -0.15) is 0 Å². The number of rotatable bonds is 11. The number of hydrogen-bond acceptors (Lipinski definition) is 1. The van der Waals surface area contributed by atoms with Crippen LogP contribution in [0, 0.1) is 5.92 Å². The van der Waals surface area contributed by atoms with Gasteiger partial charge < -0.3 is 5.11 Å². The number of allylic oxidation sites excluding steroid dienone is 1. The third-order valence-corrected chi connectivity index (χ3v) is 4.51. The second kappa shape index (κ2) is 10.9. The van der Waals surface area contributed by atoms with Crippen molar-refractivity contribution in [3.8, 4) is 0 Å². The van der Waals surface area contributed by atoms with E-state index in [9.17, 15) is 4.79 Å². The Kier molecular flexibility index (Phi) is 9.44. The zero-order valence-corrected chi connectivity index (χ0v) is 13.2. The van der Waals surface area contributed by atoms with Gasteiger partial charge in [-0.15, -0.1) is 0 Å². The first-order valence-corrected chi connectivity index (χ1v) is 8.66. The molecule has 0 aromatic rings. The molecule has 20 heavy (non-hydrogen) atoms. The Labute approximate surface area is 124 Å². The van der Waals surface area contributed by atoms with Gasteiger partial charge >= 0.3 is 5.97 Å². The van der Waals surface area contributed by atoms with Gasteiger partial charge in [-0.05, 0) is 25.2 Å². The Morgan fingerprint density at radius 3 is 2.20 bits per heavy atom. The molecule has 0 aromatic carbocycles. The molecular formula is C18H32O2. The third kappa shape index (κ3) is 7.72. The maximum absolute atomic E-state index is 10.8. The Hall–Kier alpha value is -0.790. The standard InChI is InChI=1S/C18H32O2/c1-2-3-4-5-6-7-8-9-10-11-16-12-14-17(15-13-16)18(19)20/h14,16H,2-13,15H2,1H3,(H,19,20). The van der Waals surface area contributed by atoms with E-state index in [1.165, 1.54) is 64.2 Å². The van der Waals surface area contributed by atoms with Crippen LogP contribution in [0.2, 0.25) is 0 Å². The van der Waals surface area contributed by atoms with Gasteiger partial charge in [-0.25, -0.2) is 4.79 Å². The fraction of sp³-hybridized carbons (Fsp3) is 0.833. The van der Waals surface area contributed by atoms with E-state index in [1.54, 1.807) is 0 Å². The van der Waals surface area contributed by atoms with Crippen LogP contribution in [0.5, 0.6) is 0 Å². The summed E-state index contributed by atoms with van der Waals surface area (Å²) in [5.41, 5.74) is 0.633. The molecular weight excluding hydrogens is 248 g/mol. The lowest BCUT2D eigenvalue weighted by atomic mass is 9.86. The largest absolute Gasteiger partial charge is 0.478 e. The normalized spacial score (nSPS) is 18.9. The highest BCUT2D eigenvalue weighted by atomic mass is 16.4. The Morgan fingerprint density at radius 1 is 1.10 bits per heavy atom. The van der Waals surface area contributed by atoms with Gasteiger partial charge in [0.05, 0.1) is 0 Å². The molecule has 1 N–H and O–H groups in total. The minimum absolute atomic E-state index is 0.633. The van der Waals surface area contributed by atoms with Crippen LogP contribution in [0.1, 0.15) is 90.4 Å². The second-order valence-electron chi connectivity index (χ2n) is 6.29. The number of carboxylic acid groups (broad SMARTS) is 1. The lowest BCUT2D eigenvalue weighted by molar-refractivity contribution is -0.132. The Morgan fingerprint density at radius 2 is 1.70 bits per heavy atom.